The molecule has 0 amide bonds. The molecule has 1 aliphatic rings. The van der Waals surface area contributed by atoms with Gasteiger partial charge in [0.25, 0.3) is 0 Å². The summed E-state index contributed by atoms with van der Waals surface area (Å²) in [5.74, 6) is 0. The molecule has 1 aromatic rings. The molecule has 0 atom stereocenters. The lowest BCUT2D eigenvalue weighted by Crippen LogP contribution is -2.41. The molecule has 0 radical (unpaired) electrons. The monoisotopic (exact) mass is 362 g/mol. The molecule has 0 aromatic heterocycles. The van der Waals surface area contributed by atoms with Crippen LogP contribution in [0.15, 0.2) is 22.7 Å². The van der Waals surface area contributed by atoms with Gasteiger partial charge in [-0.3, -0.25) is 4.57 Å². The fourth-order valence-electron chi connectivity index (χ4n) is 1.88. The van der Waals surface area contributed by atoms with Crippen LogP contribution in [0.4, 0.5) is 0 Å². The number of benzene rings is 1. The minimum Gasteiger partial charge on any atom is -0.399 e. The quantitative estimate of drug-likeness (QED) is 0.616. The zero-order valence-electron chi connectivity index (χ0n) is 11.8. The topological polar surface area (TPSA) is 76.0 Å². The van der Waals surface area contributed by atoms with Gasteiger partial charge in [0.2, 0.25) is 0 Å². The Bertz CT molecular complexity index is 567. The number of rotatable bonds is 2. The normalized spacial score (nSPS) is 21.2. The predicted octanol–water partition coefficient (Wildman–Crippen LogP) is 1.55. The van der Waals surface area contributed by atoms with Gasteiger partial charge < -0.3 is 19.1 Å². The van der Waals surface area contributed by atoms with Crippen molar-refractivity contribution in [3.05, 3.63) is 22.7 Å². The Labute approximate surface area is 127 Å². The van der Waals surface area contributed by atoms with E-state index < -0.39 is 25.9 Å². The summed E-state index contributed by atoms with van der Waals surface area (Å²) in [4.78, 5) is 18.7. The minimum absolute atomic E-state index is 0.0651. The van der Waals surface area contributed by atoms with Crippen molar-refractivity contribution in [3.8, 4) is 0 Å². The van der Waals surface area contributed by atoms with Gasteiger partial charge in [-0.2, -0.15) is 0 Å². The maximum Gasteiger partial charge on any atom is 0.494 e. The fraction of sp³-hybridized carbons (Fsp3) is 0.500. The zero-order valence-corrected chi connectivity index (χ0v) is 14.2. The second-order valence-corrected chi connectivity index (χ2v) is 8.27. The Morgan fingerprint density at radius 1 is 1.15 bits per heavy atom. The molecule has 0 spiro atoms. The molecule has 5 nitrogen and oxygen atoms in total. The van der Waals surface area contributed by atoms with Crippen LogP contribution in [-0.2, 0) is 13.9 Å². The van der Waals surface area contributed by atoms with E-state index in [4.69, 9.17) is 9.31 Å². The van der Waals surface area contributed by atoms with E-state index >= 15 is 0 Å². The molecular formula is C12H17BBrO5P. The summed E-state index contributed by atoms with van der Waals surface area (Å²) in [5, 5.41) is -0.0651. The highest BCUT2D eigenvalue weighted by molar-refractivity contribution is 9.10. The predicted molar refractivity (Wildman–Crippen MR) is 81.5 cm³/mol. The van der Waals surface area contributed by atoms with Gasteiger partial charge in [0.05, 0.1) is 16.5 Å². The van der Waals surface area contributed by atoms with Crippen LogP contribution in [0.25, 0.3) is 0 Å². The Hall–Kier alpha value is -0.165. The highest BCUT2D eigenvalue weighted by atomic mass is 79.9. The van der Waals surface area contributed by atoms with Crippen molar-refractivity contribution in [2.75, 3.05) is 0 Å². The van der Waals surface area contributed by atoms with E-state index in [1.165, 1.54) is 6.07 Å². The molecule has 1 saturated heterocycles. The lowest BCUT2D eigenvalue weighted by molar-refractivity contribution is 0.00578. The van der Waals surface area contributed by atoms with E-state index in [0.717, 1.165) is 0 Å². The summed E-state index contributed by atoms with van der Waals surface area (Å²) in [6, 6.07) is 4.74. The van der Waals surface area contributed by atoms with Gasteiger partial charge in [-0.25, -0.2) is 0 Å². The van der Waals surface area contributed by atoms with Crippen LogP contribution in [0.5, 0.6) is 0 Å². The molecule has 20 heavy (non-hydrogen) atoms. The third-order valence-corrected chi connectivity index (χ3v) is 5.80. The lowest BCUT2D eigenvalue weighted by Gasteiger charge is -2.32. The lowest BCUT2D eigenvalue weighted by atomic mass is 9.79. The van der Waals surface area contributed by atoms with Crippen LogP contribution in [0.3, 0.4) is 0 Å². The number of hydrogen-bond donors (Lipinski definition) is 2. The molecule has 1 aromatic carbocycles. The first-order valence-electron chi connectivity index (χ1n) is 6.15. The van der Waals surface area contributed by atoms with Crippen molar-refractivity contribution in [3.63, 3.8) is 0 Å². The van der Waals surface area contributed by atoms with Crippen LogP contribution in [0.2, 0.25) is 0 Å². The van der Waals surface area contributed by atoms with Crippen molar-refractivity contribution in [2.24, 2.45) is 0 Å². The van der Waals surface area contributed by atoms with Crippen molar-refractivity contribution in [2.45, 2.75) is 38.9 Å². The second kappa shape index (κ2) is 4.94. The van der Waals surface area contributed by atoms with Gasteiger partial charge in [0.15, 0.2) is 0 Å². The largest absolute Gasteiger partial charge is 0.494 e. The van der Waals surface area contributed by atoms with Gasteiger partial charge in [-0.15, -0.1) is 0 Å². The Morgan fingerprint density at radius 3 is 2.10 bits per heavy atom. The molecule has 8 heteroatoms. The summed E-state index contributed by atoms with van der Waals surface area (Å²) in [6.07, 6.45) is 0. The highest BCUT2D eigenvalue weighted by Crippen LogP contribution is 2.38. The summed E-state index contributed by atoms with van der Waals surface area (Å²) >= 11 is 3.15. The first kappa shape index (κ1) is 16.2. The first-order chi connectivity index (χ1) is 8.94. The van der Waals surface area contributed by atoms with Crippen LogP contribution in [0, 0.1) is 0 Å². The van der Waals surface area contributed by atoms with E-state index in [9.17, 15) is 14.4 Å². The van der Waals surface area contributed by atoms with Crippen LogP contribution in [-0.4, -0.2) is 28.1 Å². The van der Waals surface area contributed by atoms with E-state index in [0.29, 0.717) is 9.94 Å². The van der Waals surface area contributed by atoms with E-state index in [-0.39, 0.29) is 5.30 Å². The van der Waals surface area contributed by atoms with Crippen molar-refractivity contribution >= 4 is 41.4 Å². The SMILES string of the molecule is CC1(C)OB(c2ccc(Br)c(P(=O)(O)O)c2)OC1(C)C. The molecular weight excluding hydrogens is 346 g/mol. The van der Waals surface area contributed by atoms with Crippen LogP contribution in [0.1, 0.15) is 27.7 Å². The molecule has 2 rings (SSSR count). The van der Waals surface area contributed by atoms with Crippen LogP contribution >= 0.6 is 23.5 Å². The Kier molecular flexibility index (Phi) is 4.00. The third-order valence-electron chi connectivity index (χ3n) is 3.81. The molecule has 0 aliphatic carbocycles. The summed E-state index contributed by atoms with van der Waals surface area (Å²) < 4.78 is 23.6. The van der Waals surface area contributed by atoms with Gasteiger partial charge in [0, 0.05) is 4.47 Å². The third kappa shape index (κ3) is 2.89. The summed E-state index contributed by atoms with van der Waals surface area (Å²) in [7, 11) is -4.99. The molecule has 110 valence electrons. The Balaban J connectivity index is 2.40. The van der Waals surface area contributed by atoms with Crippen molar-refractivity contribution < 1.29 is 23.7 Å². The second-order valence-electron chi connectivity index (χ2n) is 5.84. The van der Waals surface area contributed by atoms with E-state index in [1.54, 1.807) is 12.1 Å². The van der Waals surface area contributed by atoms with Gasteiger partial charge >= 0.3 is 14.7 Å². The molecule has 0 unspecified atom stereocenters. The standard InChI is InChI=1S/C12H17BBrO5P/c1-11(2)12(3,4)19-13(18-11)8-5-6-9(14)10(7-8)20(15,16)17/h5-7H,1-4H3,(H2,15,16,17). The molecule has 1 heterocycles. The van der Waals surface area contributed by atoms with Crippen molar-refractivity contribution in [1.82, 2.24) is 0 Å². The molecule has 1 fully saturated rings. The van der Waals surface area contributed by atoms with E-state index in [2.05, 4.69) is 15.9 Å². The number of halogens is 1. The first-order valence-corrected chi connectivity index (χ1v) is 8.56. The summed E-state index contributed by atoms with van der Waals surface area (Å²) in [6.45, 7) is 7.71. The Morgan fingerprint density at radius 2 is 1.65 bits per heavy atom. The molecule has 1 aliphatic heterocycles. The maximum absolute atomic E-state index is 11.5. The average Bonchev–Trinajstić information content (AvgIpc) is 2.47. The van der Waals surface area contributed by atoms with Gasteiger partial charge in [-0.1, -0.05) is 6.07 Å². The van der Waals surface area contributed by atoms with Gasteiger partial charge in [0.1, 0.15) is 0 Å². The minimum atomic E-state index is -4.35. The zero-order chi connectivity index (χ0) is 15.3. The molecule has 0 bridgehead atoms. The van der Waals surface area contributed by atoms with Gasteiger partial charge in [-0.05, 0) is 61.2 Å². The fourth-order valence-corrected chi connectivity index (χ4v) is 3.49. The maximum atomic E-state index is 11.5. The number of hydrogen-bond acceptors (Lipinski definition) is 3. The highest BCUT2D eigenvalue weighted by Gasteiger charge is 2.51. The van der Waals surface area contributed by atoms with Crippen molar-refractivity contribution in [1.29, 1.82) is 0 Å². The van der Waals surface area contributed by atoms with E-state index in [1.807, 2.05) is 27.7 Å². The summed E-state index contributed by atoms with van der Waals surface area (Å²) in [5.41, 5.74) is -0.398. The average molecular weight is 363 g/mol. The van der Waals surface area contributed by atoms with Crippen LogP contribution < -0.4 is 10.8 Å². The smallest absolute Gasteiger partial charge is 0.399 e. The molecule has 2 N–H and O–H groups in total. The molecule has 0 saturated carbocycles.